The Bertz CT molecular complexity index is 637. The van der Waals surface area contributed by atoms with Gasteiger partial charge in [-0.2, -0.15) is 0 Å². The number of amides is 1. The van der Waals surface area contributed by atoms with E-state index in [9.17, 15) is 9.18 Å². The highest BCUT2D eigenvalue weighted by Crippen LogP contribution is 2.13. The molecular formula is C18H28FIN4O3. The number of piperidine rings is 1. The van der Waals surface area contributed by atoms with Crippen LogP contribution in [0.3, 0.4) is 0 Å². The van der Waals surface area contributed by atoms with Crippen LogP contribution < -0.4 is 10.6 Å². The molecule has 1 fully saturated rings. The van der Waals surface area contributed by atoms with E-state index in [1.54, 1.807) is 31.2 Å². The van der Waals surface area contributed by atoms with Gasteiger partial charge in [-0.1, -0.05) is 6.07 Å². The van der Waals surface area contributed by atoms with Gasteiger partial charge in [-0.05, 0) is 30.5 Å². The summed E-state index contributed by atoms with van der Waals surface area (Å²) in [4.78, 5) is 17.5. The second-order valence-corrected chi connectivity index (χ2v) is 6.16. The first kappa shape index (κ1) is 23.4. The largest absolute Gasteiger partial charge is 0.453 e. The molecule has 152 valence electrons. The van der Waals surface area contributed by atoms with Crippen LogP contribution in [-0.4, -0.2) is 57.4 Å². The normalized spacial score (nSPS) is 15.1. The van der Waals surface area contributed by atoms with E-state index in [2.05, 4.69) is 15.6 Å². The second kappa shape index (κ2) is 12.0. The Kier molecular flexibility index (Phi) is 10.4. The van der Waals surface area contributed by atoms with Crippen LogP contribution in [0, 0.1) is 5.82 Å². The van der Waals surface area contributed by atoms with Gasteiger partial charge < -0.3 is 25.0 Å². The molecule has 27 heavy (non-hydrogen) atoms. The van der Waals surface area contributed by atoms with Crippen molar-refractivity contribution in [3.63, 3.8) is 0 Å². The van der Waals surface area contributed by atoms with E-state index in [1.165, 1.54) is 13.2 Å². The number of carbonyl (C=O) groups excluding carboxylic acids is 1. The first-order valence-electron chi connectivity index (χ1n) is 8.63. The van der Waals surface area contributed by atoms with E-state index in [0.29, 0.717) is 31.2 Å². The Hall–Kier alpha value is -1.62. The summed E-state index contributed by atoms with van der Waals surface area (Å²) in [5, 5.41) is 6.60. The molecule has 1 aliphatic rings. The predicted molar refractivity (Wildman–Crippen MR) is 113 cm³/mol. The standard InChI is InChI=1S/C18H27FN4O3.HI/c1-20-17(22-15-6-8-23(9-7-15)18(24)26-3)21-11-13-4-5-16(19)14(10-13)12-25-2;/h4-5,10,15H,6-9,11-12H2,1-3H3,(H2,20,21,22);1H. The Morgan fingerprint density at radius 2 is 2.04 bits per heavy atom. The fourth-order valence-electron chi connectivity index (χ4n) is 2.91. The van der Waals surface area contributed by atoms with Gasteiger partial charge in [-0.15, -0.1) is 24.0 Å². The minimum absolute atomic E-state index is 0. The number of carbonyl (C=O) groups is 1. The molecule has 2 N–H and O–H groups in total. The van der Waals surface area contributed by atoms with Gasteiger partial charge in [0.05, 0.1) is 13.7 Å². The van der Waals surface area contributed by atoms with Crippen LogP contribution in [0.25, 0.3) is 0 Å². The zero-order valence-electron chi connectivity index (χ0n) is 16.0. The number of nitrogens with zero attached hydrogens (tertiary/aromatic N) is 2. The monoisotopic (exact) mass is 494 g/mol. The van der Waals surface area contributed by atoms with Crippen molar-refractivity contribution in [1.82, 2.24) is 15.5 Å². The van der Waals surface area contributed by atoms with Crippen molar-refractivity contribution in [3.8, 4) is 0 Å². The van der Waals surface area contributed by atoms with Crippen molar-refractivity contribution in [2.75, 3.05) is 34.4 Å². The molecule has 1 amide bonds. The minimum atomic E-state index is -0.283. The molecular weight excluding hydrogens is 466 g/mol. The lowest BCUT2D eigenvalue weighted by molar-refractivity contribution is 0.111. The number of nitrogens with one attached hydrogen (secondary N) is 2. The Balaban J connectivity index is 0.00000364. The number of aliphatic imine (C=N–C) groups is 1. The van der Waals surface area contributed by atoms with Crippen molar-refractivity contribution >= 4 is 36.0 Å². The highest BCUT2D eigenvalue weighted by atomic mass is 127. The average Bonchev–Trinajstić information content (AvgIpc) is 2.67. The molecule has 0 atom stereocenters. The maximum atomic E-state index is 13.7. The van der Waals surface area contributed by atoms with Crippen molar-refractivity contribution < 1.29 is 18.7 Å². The third-order valence-corrected chi connectivity index (χ3v) is 4.36. The SMILES string of the molecule is CN=C(NCc1ccc(F)c(COC)c1)NC1CCN(C(=O)OC)CC1.I. The number of guanidine groups is 1. The van der Waals surface area contributed by atoms with Crippen molar-refractivity contribution in [2.45, 2.75) is 32.0 Å². The van der Waals surface area contributed by atoms with Crippen LogP contribution in [0.4, 0.5) is 9.18 Å². The number of benzene rings is 1. The topological polar surface area (TPSA) is 75.2 Å². The number of methoxy groups -OCH3 is 2. The fourth-order valence-corrected chi connectivity index (χ4v) is 2.91. The molecule has 1 heterocycles. The van der Waals surface area contributed by atoms with Gasteiger partial charge in [0.15, 0.2) is 5.96 Å². The summed E-state index contributed by atoms with van der Waals surface area (Å²) < 4.78 is 23.4. The number of hydrogen-bond acceptors (Lipinski definition) is 4. The molecule has 2 rings (SSSR count). The van der Waals surface area contributed by atoms with Crippen LogP contribution in [0.1, 0.15) is 24.0 Å². The minimum Gasteiger partial charge on any atom is -0.453 e. The molecule has 0 radical (unpaired) electrons. The van der Waals surface area contributed by atoms with Gasteiger partial charge in [0.25, 0.3) is 0 Å². The van der Waals surface area contributed by atoms with Gasteiger partial charge in [-0.25, -0.2) is 9.18 Å². The number of likely N-dealkylation sites (tertiary alicyclic amines) is 1. The zero-order chi connectivity index (χ0) is 18.9. The molecule has 0 aromatic heterocycles. The lowest BCUT2D eigenvalue weighted by Gasteiger charge is -2.32. The maximum absolute atomic E-state index is 13.7. The second-order valence-electron chi connectivity index (χ2n) is 6.16. The van der Waals surface area contributed by atoms with Gasteiger partial charge >= 0.3 is 6.09 Å². The number of halogens is 2. The molecule has 1 aromatic carbocycles. The Morgan fingerprint density at radius 1 is 1.33 bits per heavy atom. The van der Waals surface area contributed by atoms with E-state index in [0.717, 1.165) is 18.4 Å². The summed E-state index contributed by atoms with van der Waals surface area (Å²) in [7, 11) is 4.65. The first-order valence-corrected chi connectivity index (χ1v) is 8.63. The summed E-state index contributed by atoms with van der Waals surface area (Å²) in [5.41, 5.74) is 1.48. The molecule has 7 nitrogen and oxygen atoms in total. The Morgan fingerprint density at radius 3 is 2.63 bits per heavy atom. The molecule has 0 saturated carbocycles. The van der Waals surface area contributed by atoms with Gasteiger partial charge in [0.1, 0.15) is 5.82 Å². The summed E-state index contributed by atoms with van der Waals surface area (Å²) >= 11 is 0. The van der Waals surface area contributed by atoms with E-state index in [4.69, 9.17) is 9.47 Å². The average molecular weight is 494 g/mol. The predicted octanol–water partition coefficient (Wildman–Crippen LogP) is 2.49. The van der Waals surface area contributed by atoms with E-state index >= 15 is 0 Å². The smallest absolute Gasteiger partial charge is 0.409 e. The highest BCUT2D eigenvalue weighted by Gasteiger charge is 2.23. The molecule has 0 spiro atoms. The lowest BCUT2D eigenvalue weighted by Crippen LogP contribution is -2.49. The van der Waals surface area contributed by atoms with Crippen molar-refractivity contribution in [3.05, 3.63) is 35.1 Å². The zero-order valence-corrected chi connectivity index (χ0v) is 18.3. The third kappa shape index (κ3) is 7.13. The molecule has 1 aliphatic heterocycles. The van der Waals surface area contributed by atoms with E-state index < -0.39 is 0 Å². The fraction of sp³-hybridized carbons (Fsp3) is 0.556. The summed E-state index contributed by atoms with van der Waals surface area (Å²) in [6.45, 7) is 2.07. The van der Waals surface area contributed by atoms with E-state index in [-0.39, 0.29) is 48.5 Å². The van der Waals surface area contributed by atoms with Crippen LogP contribution in [-0.2, 0) is 22.6 Å². The number of hydrogen-bond donors (Lipinski definition) is 2. The summed E-state index contributed by atoms with van der Waals surface area (Å²) in [5.74, 6) is 0.412. The quantitative estimate of drug-likeness (QED) is 0.374. The highest BCUT2D eigenvalue weighted by molar-refractivity contribution is 14.0. The molecule has 0 aliphatic carbocycles. The first-order chi connectivity index (χ1) is 12.6. The summed E-state index contributed by atoms with van der Waals surface area (Å²) in [6.07, 6.45) is 1.36. The summed E-state index contributed by atoms with van der Waals surface area (Å²) in [6, 6.07) is 5.21. The third-order valence-electron chi connectivity index (χ3n) is 4.36. The number of ether oxygens (including phenoxy) is 2. The number of rotatable bonds is 5. The molecule has 0 bridgehead atoms. The van der Waals surface area contributed by atoms with Gasteiger partial charge in [-0.3, -0.25) is 4.99 Å². The van der Waals surface area contributed by atoms with Crippen molar-refractivity contribution in [2.24, 2.45) is 4.99 Å². The molecule has 0 unspecified atom stereocenters. The maximum Gasteiger partial charge on any atom is 0.409 e. The lowest BCUT2D eigenvalue weighted by atomic mass is 10.1. The van der Waals surface area contributed by atoms with Crippen molar-refractivity contribution in [1.29, 1.82) is 0 Å². The van der Waals surface area contributed by atoms with Crippen LogP contribution >= 0.6 is 24.0 Å². The molecule has 1 saturated heterocycles. The molecule has 9 heteroatoms. The van der Waals surface area contributed by atoms with Crippen LogP contribution in [0.2, 0.25) is 0 Å². The van der Waals surface area contributed by atoms with Gasteiger partial charge in [0, 0.05) is 45.4 Å². The Labute approximate surface area is 176 Å². The van der Waals surface area contributed by atoms with E-state index in [1.807, 2.05) is 0 Å². The molecule has 1 aromatic rings. The van der Waals surface area contributed by atoms with Crippen LogP contribution in [0.15, 0.2) is 23.2 Å². The van der Waals surface area contributed by atoms with Crippen LogP contribution in [0.5, 0.6) is 0 Å². The van der Waals surface area contributed by atoms with Gasteiger partial charge in [0.2, 0.25) is 0 Å².